The summed E-state index contributed by atoms with van der Waals surface area (Å²) >= 11 is 0. The van der Waals surface area contributed by atoms with Crippen LogP contribution in [0.1, 0.15) is 26.7 Å². The van der Waals surface area contributed by atoms with E-state index in [2.05, 4.69) is 5.32 Å². The fourth-order valence-corrected chi connectivity index (χ4v) is 2.15. The lowest BCUT2D eigenvalue weighted by Crippen LogP contribution is -2.35. The van der Waals surface area contributed by atoms with E-state index in [1.54, 1.807) is 13.8 Å². The van der Waals surface area contributed by atoms with E-state index in [1.165, 1.54) is 0 Å². The van der Waals surface area contributed by atoms with Gasteiger partial charge in [-0.25, -0.2) is 8.42 Å². The minimum Gasteiger partial charge on any atom is -0.391 e. The summed E-state index contributed by atoms with van der Waals surface area (Å²) in [7, 11) is -3.11. The zero-order valence-electron chi connectivity index (χ0n) is 8.73. The molecule has 1 unspecified atom stereocenters. The summed E-state index contributed by atoms with van der Waals surface area (Å²) in [4.78, 5) is 0. The lowest BCUT2D eigenvalue weighted by Gasteiger charge is -2.13. The van der Waals surface area contributed by atoms with Crippen molar-refractivity contribution >= 4 is 9.84 Å². The second-order valence-electron chi connectivity index (χ2n) is 4.21. The molecule has 14 heavy (non-hydrogen) atoms. The molecule has 0 radical (unpaired) electrons. The topological polar surface area (TPSA) is 66.4 Å². The summed E-state index contributed by atoms with van der Waals surface area (Å²) in [6.45, 7) is 3.66. The van der Waals surface area contributed by atoms with E-state index in [9.17, 15) is 13.5 Å². The average molecular weight is 221 g/mol. The fourth-order valence-electron chi connectivity index (χ4n) is 1.11. The van der Waals surface area contributed by atoms with Gasteiger partial charge in [0.2, 0.25) is 0 Å². The van der Waals surface area contributed by atoms with Gasteiger partial charge in [0.15, 0.2) is 9.84 Å². The number of nitrogens with one attached hydrogen (secondary N) is 1. The molecule has 1 atom stereocenters. The number of aliphatic hydroxyl groups is 1. The zero-order valence-corrected chi connectivity index (χ0v) is 9.55. The van der Waals surface area contributed by atoms with Crippen molar-refractivity contribution < 1.29 is 13.5 Å². The van der Waals surface area contributed by atoms with Crippen LogP contribution >= 0.6 is 0 Å². The van der Waals surface area contributed by atoms with Crippen molar-refractivity contribution in [2.75, 3.05) is 12.3 Å². The molecule has 0 aromatic rings. The lowest BCUT2D eigenvalue weighted by atomic mass is 10.4. The summed E-state index contributed by atoms with van der Waals surface area (Å²) in [5.41, 5.74) is 0. The molecule has 0 spiro atoms. The van der Waals surface area contributed by atoms with E-state index in [4.69, 9.17) is 0 Å². The van der Waals surface area contributed by atoms with E-state index in [0.717, 1.165) is 12.8 Å². The maximum Gasteiger partial charge on any atom is 0.155 e. The van der Waals surface area contributed by atoms with E-state index in [0.29, 0.717) is 12.6 Å². The lowest BCUT2D eigenvalue weighted by molar-refractivity contribution is 0.193. The van der Waals surface area contributed by atoms with E-state index in [1.807, 2.05) is 0 Å². The highest BCUT2D eigenvalue weighted by Gasteiger charge is 2.24. The second-order valence-corrected chi connectivity index (χ2v) is 6.82. The van der Waals surface area contributed by atoms with Crippen LogP contribution in [0.2, 0.25) is 0 Å². The molecule has 0 aromatic heterocycles. The molecule has 0 aliphatic heterocycles. The Balaban J connectivity index is 2.27. The van der Waals surface area contributed by atoms with Crippen molar-refractivity contribution in [3.8, 4) is 0 Å². The van der Waals surface area contributed by atoms with Gasteiger partial charge in [0, 0.05) is 12.6 Å². The Labute approximate surface area is 85.6 Å². The minimum atomic E-state index is -3.11. The van der Waals surface area contributed by atoms with Gasteiger partial charge in [-0.1, -0.05) is 0 Å². The van der Waals surface area contributed by atoms with Gasteiger partial charge in [-0.2, -0.15) is 0 Å². The normalized spacial score (nSPS) is 20.0. The van der Waals surface area contributed by atoms with Gasteiger partial charge in [0.05, 0.1) is 17.1 Å². The number of hydrogen-bond acceptors (Lipinski definition) is 4. The van der Waals surface area contributed by atoms with Crippen LogP contribution in [-0.4, -0.2) is 43.2 Å². The predicted molar refractivity (Wildman–Crippen MR) is 56.0 cm³/mol. The first-order valence-corrected chi connectivity index (χ1v) is 6.76. The maximum atomic E-state index is 11.4. The Morgan fingerprint density at radius 2 is 2.00 bits per heavy atom. The molecule has 0 amide bonds. The Hall–Kier alpha value is -0.130. The van der Waals surface area contributed by atoms with Gasteiger partial charge in [-0.15, -0.1) is 0 Å². The molecule has 84 valence electrons. The molecule has 5 heteroatoms. The van der Waals surface area contributed by atoms with Gasteiger partial charge in [0.1, 0.15) is 0 Å². The molecule has 1 saturated carbocycles. The molecule has 0 bridgehead atoms. The molecule has 1 rings (SSSR count). The molecular weight excluding hydrogens is 202 g/mol. The molecule has 1 aliphatic rings. The molecule has 2 N–H and O–H groups in total. The highest BCUT2D eigenvalue weighted by atomic mass is 32.2. The van der Waals surface area contributed by atoms with Gasteiger partial charge in [-0.3, -0.25) is 0 Å². The van der Waals surface area contributed by atoms with Crippen molar-refractivity contribution in [3.05, 3.63) is 0 Å². The quantitative estimate of drug-likeness (QED) is 0.658. The summed E-state index contributed by atoms with van der Waals surface area (Å²) in [6.07, 6.45) is 1.51. The van der Waals surface area contributed by atoms with Gasteiger partial charge in [-0.05, 0) is 26.7 Å². The molecular formula is C9H19NO3S. The minimum absolute atomic E-state index is 0.135. The Morgan fingerprint density at radius 3 is 2.43 bits per heavy atom. The number of hydrogen-bond donors (Lipinski definition) is 2. The van der Waals surface area contributed by atoms with Crippen molar-refractivity contribution in [1.82, 2.24) is 5.32 Å². The van der Waals surface area contributed by atoms with Crippen molar-refractivity contribution in [2.45, 2.75) is 44.1 Å². The standard InChI is InChI=1S/C9H19NO3S/c1-7(2)14(12,13)6-9(11)5-10-8-3-4-8/h7-11H,3-6H2,1-2H3. The van der Waals surface area contributed by atoms with Crippen LogP contribution < -0.4 is 5.32 Å². The van der Waals surface area contributed by atoms with Crippen LogP contribution in [0.25, 0.3) is 0 Å². The smallest absolute Gasteiger partial charge is 0.155 e. The number of aliphatic hydroxyl groups excluding tert-OH is 1. The molecule has 0 heterocycles. The highest BCUT2D eigenvalue weighted by Crippen LogP contribution is 2.18. The van der Waals surface area contributed by atoms with E-state index in [-0.39, 0.29) is 5.75 Å². The van der Waals surface area contributed by atoms with Crippen LogP contribution in [0.15, 0.2) is 0 Å². The summed E-state index contributed by atoms with van der Waals surface area (Å²) in [5.74, 6) is -0.135. The average Bonchev–Trinajstić information content (AvgIpc) is 2.82. The summed E-state index contributed by atoms with van der Waals surface area (Å²) < 4.78 is 22.8. The van der Waals surface area contributed by atoms with Gasteiger partial charge >= 0.3 is 0 Å². The van der Waals surface area contributed by atoms with Crippen LogP contribution in [0.4, 0.5) is 0 Å². The third-order valence-electron chi connectivity index (χ3n) is 2.36. The van der Waals surface area contributed by atoms with Crippen LogP contribution in [-0.2, 0) is 9.84 Å². The van der Waals surface area contributed by atoms with Crippen molar-refractivity contribution in [3.63, 3.8) is 0 Å². The fraction of sp³-hybridized carbons (Fsp3) is 1.00. The number of sulfone groups is 1. The summed E-state index contributed by atoms with van der Waals surface area (Å²) in [5, 5.41) is 12.2. The largest absolute Gasteiger partial charge is 0.391 e. The second kappa shape index (κ2) is 4.59. The molecule has 0 saturated heterocycles. The molecule has 1 aliphatic carbocycles. The molecule has 1 fully saturated rings. The van der Waals surface area contributed by atoms with E-state index >= 15 is 0 Å². The van der Waals surface area contributed by atoms with Crippen LogP contribution in [0, 0.1) is 0 Å². The van der Waals surface area contributed by atoms with Gasteiger partial charge < -0.3 is 10.4 Å². The van der Waals surface area contributed by atoms with Crippen LogP contribution in [0.3, 0.4) is 0 Å². The SMILES string of the molecule is CC(C)S(=O)(=O)CC(O)CNC1CC1. The van der Waals surface area contributed by atoms with Crippen molar-refractivity contribution in [2.24, 2.45) is 0 Å². The Morgan fingerprint density at radius 1 is 1.43 bits per heavy atom. The monoisotopic (exact) mass is 221 g/mol. The number of rotatable bonds is 6. The Bertz CT molecular complexity index is 270. The highest BCUT2D eigenvalue weighted by molar-refractivity contribution is 7.92. The van der Waals surface area contributed by atoms with Crippen molar-refractivity contribution in [1.29, 1.82) is 0 Å². The third-order valence-corrected chi connectivity index (χ3v) is 4.65. The Kier molecular flexibility index (Phi) is 3.92. The zero-order chi connectivity index (χ0) is 10.8. The van der Waals surface area contributed by atoms with Gasteiger partial charge in [0.25, 0.3) is 0 Å². The predicted octanol–water partition coefficient (Wildman–Crippen LogP) is -0.0775. The first kappa shape index (κ1) is 11.9. The first-order valence-electron chi connectivity index (χ1n) is 5.05. The van der Waals surface area contributed by atoms with E-state index < -0.39 is 21.2 Å². The third kappa shape index (κ3) is 3.94. The molecule has 0 aromatic carbocycles. The first-order chi connectivity index (χ1) is 6.42. The molecule has 4 nitrogen and oxygen atoms in total. The maximum absolute atomic E-state index is 11.4. The summed E-state index contributed by atoms with van der Waals surface area (Å²) in [6, 6.07) is 0.506. The van der Waals surface area contributed by atoms with Crippen LogP contribution in [0.5, 0.6) is 0 Å².